The molecule has 1 saturated heterocycles. The van der Waals surface area contributed by atoms with Crippen molar-refractivity contribution in [3.05, 3.63) is 35.8 Å². The Morgan fingerprint density at radius 1 is 1.36 bits per heavy atom. The van der Waals surface area contributed by atoms with Gasteiger partial charge in [0.05, 0.1) is 23.6 Å². The number of carbonyl (C=O) groups excluding carboxylic acids is 1. The Hall–Kier alpha value is -2.21. The van der Waals surface area contributed by atoms with Gasteiger partial charge in [0.15, 0.2) is 5.82 Å². The molecule has 1 unspecified atom stereocenters. The normalized spacial score (nSPS) is 18.2. The summed E-state index contributed by atoms with van der Waals surface area (Å²) in [6, 6.07) is 5.64. The minimum Gasteiger partial charge on any atom is -0.323 e. The van der Waals surface area contributed by atoms with Crippen molar-refractivity contribution < 1.29 is 4.79 Å². The maximum atomic E-state index is 12.2. The molecule has 116 valence electrons. The topological polar surface area (TPSA) is 71.8 Å². The van der Waals surface area contributed by atoms with E-state index in [-0.39, 0.29) is 11.9 Å². The van der Waals surface area contributed by atoms with Gasteiger partial charge in [-0.05, 0) is 51.4 Å². The molecule has 1 amide bonds. The third-order valence-electron chi connectivity index (χ3n) is 3.87. The second-order valence-electron chi connectivity index (χ2n) is 5.74. The fourth-order valence-electron chi connectivity index (χ4n) is 2.75. The molecule has 0 aromatic carbocycles. The predicted octanol–water partition coefficient (Wildman–Crippen LogP) is 1.96. The molecule has 0 bridgehead atoms. The Labute approximate surface area is 129 Å². The smallest absolute Gasteiger partial charge is 0.241 e. The van der Waals surface area contributed by atoms with E-state index >= 15 is 0 Å². The Morgan fingerprint density at radius 3 is 2.82 bits per heavy atom. The van der Waals surface area contributed by atoms with Gasteiger partial charge in [-0.15, -0.1) is 0 Å². The van der Waals surface area contributed by atoms with Crippen LogP contribution in [-0.2, 0) is 4.79 Å². The molecule has 1 aliphatic heterocycles. The lowest BCUT2D eigenvalue weighted by atomic mass is 10.0. The molecule has 2 N–H and O–H groups in total. The maximum Gasteiger partial charge on any atom is 0.241 e. The average molecular weight is 299 g/mol. The summed E-state index contributed by atoms with van der Waals surface area (Å²) in [5.41, 5.74) is 2.70. The zero-order valence-electron chi connectivity index (χ0n) is 13.0. The van der Waals surface area contributed by atoms with Crippen LogP contribution in [0.3, 0.4) is 0 Å². The third kappa shape index (κ3) is 3.17. The first-order chi connectivity index (χ1) is 10.6. The van der Waals surface area contributed by atoms with Gasteiger partial charge in [0.1, 0.15) is 0 Å². The van der Waals surface area contributed by atoms with Crippen LogP contribution < -0.4 is 10.6 Å². The molecule has 0 aliphatic carbocycles. The van der Waals surface area contributed by atoms with Crippen LogP contribution in [-0.4, -0.2) is 33.3 Å². The zero-order chi connectivity index (χ0) is 15.5. The molecule has 0 spiro atoms. The molecule has 3 heterocycles. The summed E-state index contributed by atoms with van der Waals surface area (Å²) in [4.78, 5) is 16.5. The van der Waals surface area contributed by atoms with Gasteiger partial charge in [-0.2, -0.15) is 5.10 Å². The number of aromatic nitrogens is 3. The number of nitrogens with one attached hydrogen (secondary N) is 2. The van der Waals surface area contributed by atoms with E-state index in [4.69, 9.17) is 0 Å². The number of nitrogens with zero attached hydrogens (tertiary/aromatic N) is 3. The molecule has 1 fully saturated rings. The van der Waals surface area contributed by atoms with E-state index in [0.29, 0.717) is 5.69 Å². The van der Waals surface area contributed by atoms with Crippen LogP contribution in [0.15, 0.2) is 24.4 Å². The first-order valence-electron chi connectivity index (χ1n) is 7.67. The van der Waals surface area contributed by atoms with Gasteiger partial charge in [-0.3, -0.25) is 4.79 Å². The molecule has 6 heteroatoms. The SMILES string of the molecule is Cc1cc(C)n(-c2ccc(NC(=O)C3CCCCN3)cn2)n1. The number of anilines is 1. The van der Waals surface area contributed by atoms with Crippen LogP contribution in [0.4, 0.5) is 5.69 Å². The standard InChI is InChI=1S/C16H21N5O/c1-11-9-12(2)21(20-11)15-7-6-13(10-18-15)19-16(22)14-5-3-4-8-17-14/h6-7,9-10,14,17H,3-5,8H2,1-2H3,(H,19,22). The predicted molar refractivity (Wildman–Crippen MR) is 85.1 cm³/mol. The number of aryl methyl sites for hydroxylation is 2. The number of piperidine rings is 1. The van der Waals surface area contributed by atoms with Crippen molar-refractivity contribution in [1.29, 1.82) is 0 Å². The highest BCUT2D eigenvalue weighted by Gasteiger charge is 2.20. The van der Waals surface area contributed by atoms with Crippen molar-refractivity contribution in [1.82, 2.24) is 20.1 Å². The number of hydrogen-bond donors (Lipinski definition) is 2. The Bertz CT molecular complexity index is 656. The molecule has 0 saturated carbocycles. The summed E-state index contributed by atoms with van der Waals surface area (Å²) in [5, 5.41) is 10.6. The number of pyridine rings is 1. The lowest BCUT2D eigenvalue weighted by Crippen LogP contribution is -2.43. The average Bonchev–Trinajstić information content (AvgIpc) is 2.87. The van der Waals surface area contributed by atoms with Crippen LogP contribution in [0.5, 0.6) is 0 Å². The second-order valence-corrected chi connectivity index (χ2v) is 5.74. The summed E-state index contributed by atoms with van der Waals surface area (Å²) >= 11 is 0. The molecule has 2 aromatic rings. The molecule has 22 heavy (non-hydrogen) atoms. The number of rotatable bonds is 3. The van der Waals surface area contributed by atoms with E-state index in [0.717, 1.165) is 43.0 Å². The van der Waals surface area contributed by atoms with E-state index in [2.05, 4.69) is 20.7 Å². The Kier molecular flexibility index (Phi) is 4.20. The van der Waals surface area contributed by atoms with E-state index < -0.39 is 0 Å². The van der Waals surface area contributed by atoms with Gasteiger partial charge in [0.2, 0.25) is 5.91 Å². The Morgan fingerprint density at radius 2 is 2.23 bits per heavy atom. The van der Waals surface area contributed by atoms with Crippen LogP contribution in [0.2, 0.25) is 0 Å². The lowest BCUT2D eigenvalue weighted by Gasteiger charge is -2.22. The molecule has 3 rings (SSSR count). The summed E-state index contributed by atoms with van der Waals surface area (Å²) < 4.78 is 1.80. The summed E-state index contributed by atoms with van der Waals surface area (Å²) in [7, 11) is 0. The molecule has 6 nitrogen and oxygen atoms in total. The summed E-state index contributed by atoms with van der Waals surface area (Å²) in [5.74, 6) is 0.764. The highest BCUT2D eigenvalue weighted by Crippen LogP contribution is 2.14. The summed E-state index contributed by atoms with van der Waals surface area (Å²) in [6.45, 7) is 4.86. The van der Waals surface area contributed by atoms with Gasteiger partial charge in [-0.1, -0.05) is 6.42 Å². The van der Waals surface area contributed by atoms with Gasteiger partial charge in [0, 0.05) is 5.69 Å². The van der Waals surface area contributed by atoms with Crippen LogP contribution >= 0.6 is 0 Å². The van der Waals surface area contributed by atoms with Crippen molar-refractivity contribution in [2.45, 2.75) is 39.2 Å². The molecular formula is C16H21N5O. The van der Waals surface area contributed by atoms with E-state index in [9.17, 15) is 4.79 Å². The second kappa shape index (κ2) is 6.27. The fraction of sp³-hybridized carbons (Fsp3) is 0.438. The minimum absolute atomic E-state index is 0.0142. The highest BCUT2D eigenvalue weighted by molar-refractivity contribution is 5.94. The highest BCUT2D eigenvalue weighted by atomic mass is 16.2. The number of hydrogen-bond acceptors (Lipinski definition) is 4. The molecular weight excluding hydrogens is 278 g/mol. The van der Waals surface area contributed by atoms with E-state index in [1.54, 1.807) is 10.9 Å². The number of carbonyl (C=O) groups is 1. The van der Waals surface area contributed by atoms with Crippen molar-refractivity contribution >= 4 is 11.6 Å². The first kappa shape index (κ1) is 14.7. The molecule has 1 atom stereocenters. The molecule has 0 radical (unpaired) electrons. The van der Waals surface area contributed by atoms with Gasteiger partial charge in [0.25, 0.3) is 0 Å². The van der Waals surface area contributed by atoms with Gasteiger partial charge >= 0.3 is 0 Å². The van der Waals surface area contributed by atoms with Gasteiger partial charge < -0.3 is 10.6 Å². The van der Waals surface area contributed by atoms with Crippen molar-refractivity contribution in [3.8, 4) is 5.82 Å². The third-order valence-corrected chi connectivity index (χ3v) is 3.87. The molecule has 2 aromatic heterocycles. The maximum absolute atomic E-state index is 12.2. The first-order valence-corrected chi connectivity index (χ1v) is 7.67. The van der Waals surface area contributed by atoms with Crippen molar-refractivity contribution in [2.75, 3.05) is 11.9 Å². The monoisotopic (exact) mass is 299 g/mol. The van der Waals surface area contributed by atoms with Crippen molar-refractivity contribution in [2.24, 2.45) is 0 Å². The minimum atomic E-state index is -0.0931. The van der Waals surface area contributed by atoms with Crippen molar-refractivity contribution in [3.63, 3.8) is 0 Å². The number of amides is 1. The largest absolute Gasteiger partial charge is 0.323 e. The summed E-state index contributed by atoms with van der Waals surface area (Å²) in [6.07, 6.45) is 4.80. The van der Waals surface area contributed by atoms with E-state index in [1.807, 2.05) is 32.0 Å². The lowest BCUT2D eigenvalue weighted by molar-refractivity contribution is -0.118. The molecule has 1 aliphatic rings. The van der Waals surface area contributed by atoms with Crippen LogP contribution in [0.1, 0.15) is 30.7 Å². The quantitative estimate of drug-likeness (QED) is 0.909. The van der Waals surface area contributed by atoms with Gasteiger partial charge in [-0.25, -0.2) is 9.67 Å². The van der Waals surface area contributed by atoms with E-state index in [1.165, 1.54) is 0 Å². The fourth-order valence-corrected chi connectivity index (χ4v) is 2.75. The van der Waals surface area contributed by atoms with Crippen LogP contribution in [0.25, 0.3) is 5.82 Å². The zero-order valence-corrected chi connectivity index (χ0v) is 13.0. The van der Waals surface area contributed by atoms with Crippen LogP contribution in [0, 0.1) is 13.8 Å². The Balaban J connectivity index is 1.69.